The molecule has 0 aliphatic carbocycles. The van der Waals surface area contributed by atoms with Crippen LogP contribution < -0.4 is 5.32 Å². The van der Waals surface area contributed by atoms with Crippen LogP contribution in [0.5, 0.6) is 5.75 Å². The molecule has 0 saturated heterocycles. The van der Waals surface area contributed by atoms with Crippen LogP contribution >= 0.6 is 0 Å². The largest absolute Gasteiger partial charge is 0.508 e. The van der Waals surface area contributed by atoms with Crippen LogP contribution in [0.25, 0.3) is 0 Å². The number of aryl methyl sites for hydroxylation is 1. The van der Waals surface area contributed by atoms with Crippen molar-refractivity contribution in [1.82, 2.24) is 0 Å². The zero-order chi connectivity index (χ0) is 15.4. The summed E-state index contributed by atoms with van der Waals surface area (Å²) in [5.41, 5.74) is 0.985. The number of phenolic OH excluding ortho intramolecular Hbond substituents is 1. The van der Waals surface area contributed by atoms with E-state index in [1.54, 1.807) is 24.3 Å². The van der Waals surface area contributed by atoms with Gasteiger partial charge in [0, 0.05) is 18.2 Å². The molecule has 112 valence electrons. The maximum absolute atomic E-state index is 13.5. The lowest BCUT2D eigenvalue weighted by atomic mass is 10.1. The molecule has 0 aliphatic heterocycles. The monoisotopic (exact) mass is 295 g/mol. The minimum Gasteiger partial charge on any atom is -0.508 e. The second-order valence-electron chi connectivity index (χ2n) is 5.00. The molecular formula is C16H16F3NO. The van der Waals surface area contributed by atoms with Gasteiger partial charge in [-0.05, 0) is 37.5 Å². The quantitative estimate of drug-likeness (QED) is 0.809. The standard InChI is InChI=1S/C16H16F3NO/c1-10(2-3-11-4-6-12(21)7-5-11)20-16-9-14(18)13(17)8-15(16)19/h4-10,20-21H,2-3H2,1H3. The number of hydrogen-bond donors (Lipinski definition) is 2. The van der Waals surface area contributed by atoms with Crippen LogP contribution in [0, 0.1) is 17.5 Å². The van der Waals surface area contributed by atoms with Gasteiger partial charge in [0.1, 0.15) is 11.6 Å². The van der Waals surface area contributed by atoms with Crippen LogP contribution in [0.2, 0.25) is 0 Å². The van der Waals surface area contributed by atoms with E-state index in [0.717, 1.165) is 18.1 Å². The van der Waals surface area contributed by atoms with E-state index in [1.807, 2.05) is 6.92 Å². The third-order valence-corrected chi connectivity index (χ3v) is 3.21. The van der Waals surface area contributed by atoms with E-state index in [-0.39, 0.29) is 17.5 Å². The van der Waals surface area contributed by atoms with Gasteiger partial charge in [-0.3, -0.25) is 0 Å². The van der Waals surface area contributed by atoms with Gasteiger partial charge in [-0.1, -0.05) is 12.1 Å². The summed E-state index contributed by atoms with van der Waals surface area (Å²) in [4.78, 5) is 0. The summed E-state index contributed by atoms with van der Waals surface area (Å²) in [5, 5.41) is 12.0. The van der Waals surface area contributed by atoms with Crippen molar-refractivity contribution >= 4 is 5.69 Å². The normalized spacial score (nSPS) is 12.2. The van der Waals surface area contributed by atoms with E-state index in [9.17, 15) is 18.3 Å². The molecule has 1 unspecified atom stereocenters. The molecule has 2 N–H and O–H groups in total. The second kappa shape index (κ2) is 6.52. The molecule has 0 aliphatic rings. The molecule has 0 radical (unpaired) electrons. The average molecular weight is 295 g/mol. The summed E-state index contributed by atoms with van der Waals surface area (Å²) in [7, 11) is 0. The molecule has 0 fully saturated rings. The SMILES string of the molecule is CC(CCc1ccc(O)cc1)Nc1cc(F)c(F)cc1F. The summed E-state index contributed by atoms with van der Waals surface area (Å²) in [6, 6.07) is 8.05. The minimum atomic E-state index is -1.20. The van der Waals surface area contributed by atoms with Crippen LogP contribution in [0.4, 0.5) is 18.9 Å². The molecule has 0 aromatic heterocycles. The first kappa shape index (κ1) is 15.2. The average Bonchev–Trinajstić information content (AvgIpc) is 2.44. The van der Waals surface area contributed by atoms with Crippen LogP contribution in [0.3, 0.4) is 0 Å². The molecule has 2 aromatic carbocycles. The maximum atomic E-state index is 13.5. The van der Waals surface area contributed by atoms with Crippen LogP contribution in [0.1, 0.15) is 18.9 Å². The van der Waals surface area contributed by atoms with E-state index in [1.165, 1.54) is 0 Å². The third kappa shape index (κ3) is 4.15. The van der Waals surface area contributed by atoms with Gasteiger partial charge in [-0.25, -0.2) is 13.2 Å². The van der Waals surface area contributed by atoms with Crippen molar-refractivity contribution in [3.8, 4) is 5.75 Å². The predicted molar refractivity (Wildman–Crippen MR) is 75.8 cm³/mol. The summed E-state index contributed by atoms with van der Waals surface area (Å²) in [6.45, 7) is 1.83. The fourth-order valence-electron chi connectivity index (χ4n) is 2.02. The number of phenols is 1. The molecule has 0 saturated carbocycles. The van der Waals surface area contributed by atoms with Gasteiger partial charge in [0.15, 0.2) is 11.6 Å². The minimum absolute atomic E-state index is 0.0490. The molecule has 0 heterocycles. The molecule has 0 amide bonds. The van der Waals surface area contributed by atoms with E-state index < -0.39 is 17.5 Å². The highest BCUT2D eigenvalue weighted by Gasteiger charge is 2.12. The van der Waals surface area contributed by atoms with Gasteiger partial charge in [0.2, 0.25) is 0 Å². The van der Waals surface area contributed by atoms with Crippen LogP contribution in [0.15, 0.2) is 36.4 Å². The lowest BCUT2D eigenvalue weighted by molar-refractivity contribution is 0.475. The summed E-state index contributed by atoms with van der Waals surface area (Å²) in [5.74, 6) is -2.89. The van der Waals surface area contributed by atoms with E-state index in [4.69, 9.17) is 0 Å². The lowest BCUT2D eigenvalue weighted by Crippen LogP contribution is -2.17. The first-order chi connectivity index (χ1) is 9.95. The van der Waals surface area contributed by atoms with Gasteiger partial charge >= 0.3 is 0 Å². The van der Waals surface area contributed by atoms with Crippen molar-refractivity contribution < 1.29 is 18.3 Å². The highest BCUT2D eigenvalue weighted by Crippen LogP contribution is 2.20. The van der Waals surface area contributed by atoms with E-state index in [0.29, 0.717) is 12.5 Å². The number of halogens is 3. The van der Waals surface area contributed by atoms with Crippen molar-refractivity contribution in [2.45, 2.75) is 25.8 Å². The number of hydrogen-bond acceptors (Lipinski definition) is 2. The zero-order valence-electron chi connectivity index (χ0n) is 11.5. The van der Waals surface area contributed by atoms with Gasteiger partial charge in [-0.15, -0.1) is 0 Å². The number of nitrogens with one attached hydrogen (secondary N) is 1. The Morgan fingerprint density at radius 3 is 2.29 bits per heavy atom. The topological polar surface area (TPSA) is 32.3 Å². The molecule has 0 bridgehead atoms. The molecule has 2 nitrogen and oxygen atoms in total. The Morgan fingerprint density at radius 2 is 1.62 bits per heavy atom. The fourth-order valence-corrected chi connectivity index (χ4v) is 2.02. The second-order valence-corrected chi connectivity index (χ2v) is 5.00. The van der Waals surface area contributed by atoms with Crippen LogP contribution in [-0.2, 0) is 6.42 Å². The summed E-state index contributed by atoms with van der Waals surface area (Å²) in [6.07, 6.45) is 1.41. The fraction of sp³-hybridized carbons (Fsp3) is 0.250. The van der Waals surface area contributed by atoms with Gasteiger partial charge in [0.25, 0.3) is 0 Å². The Balaban J connectivity index is 1.94. The Morgan fingerprint density at radius 1 is 1.00 bits per heavy atom. The zero-order valence-corrected chi connectivity index (χ0v) is 11.5. The van der Waals surface area contributed by atoms with Crippen molar-refractivity contribution in [2.75, 3.05) is 5.32 Å². The Kier molecular flexibility index (Phi) is 4.73. The van der Waals surface area contributed by atoms with Crippen molar-refractivity contribution in [3.63, 3.8) is 0 Å². The first-order valence-corrected chi connectivity index (χ1v) is 6.64. The van der Waals surface area contributed by atoms with Crippen LogP contribution in [-0.4, -0.2) is 11.1 Å². The molecular weight excluding hydrogens is 279 g/mol. The summed E-state index contributed by atoms with van der Waals surface area (Å²) < 4.78 is 39.4. The highest BCUT2D eigenvalue weighted by molar-refractivity contribution is 5.46. The third-order valence-electron chi connectivity index (χ3n) is 3.21. The number of rotatable bonds is 5. The van der Waals surface area contributed by atoms with Crippen molar-refractivity contribution in [2.24, 2.45) is 0 Å². The van der Waals surface area contributed by atoms with Gasteiger partial charge in [-0.2, -0.15) is 0 Å². The maximum Gasteiger partial charge on any atom is 0.161 e. The van der Waals surface area contributed by atoms with E-state index in [2.05, 4.69) is 5.32 Å². The predicted octanol–water partition coefficient (Wildman–Crippen LogP) is 4.24. The molecule has 1 atom stereocenters. The molecule has 2 aromatic rings. The lowest BCUT2D eigenvalue weighted by Gasteiger charge is -2.16. The van der Waals surface area contributed by atoms with E-state index >= 15 is 0 Å². The summed E-state index contributed by atoms with van der Waals surface area (Å²) >= 11 is 0. The smallest absolute Gasteiger partial charge is 0.161 e. The number of anilines is 1. The van der Waals surface area contributed by atoms with Crippen molar-refractivity contribution in [1.29, 1.82) is 0 Å². The Labute approximate surface area is 121 Å². The van der Waals surface area contributed by atoms with Gasteiger partial charge in [0.05, 0.1) is 5.69 Å². The van der Waals surface area contributed by atoms with Gasteiger partial charge < -0.3 is 10.4 Å². The molecule has 5 heteroatoms. The Bertz CT molecular complexity index is 614. The van der Waals surface area contributed by atoms with Crippen molar-refractivity contribution in [3.05, 3.63) is 59.4 Å². The Hall–Kier alpha value is -2.17. The number of benzene rings is 2. The molecule has 2 rings (SSSR count). The highest BCUT2D eigenvalue weighted by atomic mass is 19.2. The first-order valence-electron chi connectivity index (χ1n) is 6.64. The number of aromatic hydroxyl groups is 1. The molecule has 21 heavy (non-hydrogen) atoms. The molecule has 0 spiro atoms.